The Morgan fingerprint density at radius 2 is 2.19 bits per heavy atom. The molecule has 1 aliphatic carbocycles. The number of aryl methyl sites for hydroxylation is 2. The van der Waals surface area contributed by atoms with Crippen LogP contribution in [-0.4, -0.2) is 26.4 Å². The molecule has 5 heteroatoms. The van der Waals surface area contributed by atoms with Crippen molar-refractivity contribution in [3.63, 3.8) is 0 Å². The Morgan fingerprint density at radius 1 is 1.43 bits per heavy atom. The molecule has 0 spiro atoms. The van der Waals surface area contributed by atoms with E-state index < -0.39 is 0 Å². The highest BCUT2D eigenvalue weighted by atomic mass is 35.5. The number of hydrogen-bond acceptors (Lipinski definition) is 2. The molecule has 0 aliphatic heterocycles. The van der Waals surface area contributed by atoms with Crippen LogP contribution in [-0.2, 0) is 13.0 Å². The fraction of sp³-hybridized carbons (Fsp3) is 0.562. The summed E-state index contributed by atoms with van der Waals surface area (Å²) in [7, 11) is 0. The number of thioether (sulfide) groups is 1. The molecule has 2 nitrogen and oxygen atoms in total. The van der Waals surface area contributed by atoms with Crippen LogP contribution < -0.4 is 0 Å². The Kier molecular flexibility index (Phi) is 4.19. The van der Waals surface area contributed by atoms with Crippen LogP contribution in [0.15, 0.2) is 12.1 Å². The molecule has 2 aromatic rings. The molecule has 1 saturated carbocycles. The van der Waals surface area contributed by atoms with E-state index in [0.717, 1.165) is 29.8 Å². The fourth-order valence-electron chi connectivity index (χ4n) is 3.04. The topological polar surface area (TPSA) is 17.8 Å². The first kappa shape index (κ1) is 15.2. The van der Waals surface area contributed by atoms with E-state index in [1.165, 1.54) is 19.3 Å². The quantitative estimate of drug-likeness (QED) is 0.750. The summed E-state index contributed by atoms with van der Waals surface area (Å²) in [5.41, 5.74) is 2.45. The summed E-state index contributed by atoms with van der Waals surface area (Å²) in [4.78, 5) is 4.61. The summed E-state index contributed by atoms with van der Waals surface area (Å²) in [6.07, 6.45) is 6.69. The molecule has 0 atom stereocenters. The Balaban J connectivity index is 2.09. The van der Waals surface area contributed by atoms with Crippen molar-refractivity contribution in [3.05, 3.63) is 29.3 Å². The predicted molar refractivity (Wildman–Crippen MR) is 88.9 cm³/mol. The zero-order chi connectivity index (χ0) is 15.0. The zero-order valence-electron chi connectivity index (χ0n) is 12.5. The monoisotopic (exact) mass is 326 g/mol. The first-order valence-electron chi connectivity index (χ1n) is 7.35. The van der Waals surface area contributed by atoms with Gasteiger partial charge in [-0.25, -0.2) is 9.37 Å². The maximum absolute atomic E-state index is 13.8. The van der Waals surface area contributed by atoms with E-state index in [-0.39, 0.29) is 5.82 Å². The summed E-state index contributed by atoms with van der Waals surface area (Å²) >= 11 is 7.86. The molecule has 1 heterocycles. The number of halogens is 2. The Morgan fingerprint density at radius 3 is 2.76 bits per heavy atom. The van der Waals surface area contributed by atoms with Gasteiger partial charge in [0.15, 0.2) is 0 Å². The van der Waals surface area contributed by atoms with Crippen LogP contribution in [0.4, 0.5) is 4.39 Å². The molecule has 1 aliphatic rings. The van der Waals surface area contributed by atoms with E-state index in [1.807, 2.05) is 17.8 Å². The third-order valence-electron chi connectivity index (χ3n) is 4.57. The van der Waals surface area contributed by atoms with Gasteiger partial charge in [0.25, 0.3) is 0 Å². The molecule has 1 aromatic heterocycles. The number of nitrogens with zero attached hydrogens (tertiary/aromatic N) is 2. The summed E-state index contributed by atoms with van der Waals surface area (Å²) in [5, 5.41) is 0. The maximum Gasteiger partial charge on any atom is 0.128 e. The van der Waals surface area contributed by atoms with Crippen LogP contribution in [0, 0.1) is 12.7 Å². The average molecular weight is 327 g/mol. The molecule has 0 amide bonds. The Hall–Kier alpha value is -0.740. The third kappa shape index (κ3) is 2.68. The van der Waals surface area contributed by atoms with Crippen molar-refractivity contribution < 1.29 is 4.39 Å². The highest BCUT2D eigenvalue weighted by Gasteiger charge is 2.37. The van der Waals surface area contributed by atoms with Gasteiger partial charge in [0.05, 0.1) is 11.0 Å². The predicted octanol–water partition coefficient (Wildman–Crippen LogP) is 4.55. The van der Waals surface area contributed by atoms with E-state index in [1.54, 1.807) is 13.0 Å². The molecule has 0 unspecified atom stereocenters. The van der Waals surface area contributed by atoms with Gasteiger partial charge in [0.2, 0.25) is 0 Å². The lowest BCUT2D eigenvalue weighted by molar-refractivity contribution is 0.322. The summed E-state index contributed by atoms with van der Waals surface area (Å²) in [6, 6.07) is 3.47. The van der Waals surface area contributed by atoms with Crippen LogP contribution in [0.2, 0.25) is 0 Å². The number of benzene rings is 1. The minimum absolute atomic E-state index is 0.187. The number of imidazole rings is 1. The van der Waals surface area contributed by atoms with Crippen molar-refractivity contribution >= 4 is 34.4 Å². The smallest absolute Gasteiger partial charge is 0.128 e. The Labute approximate surface area is 134 Å². The van der Waals surface area contributed by atoms with Crippen molar-refractivity contribution in [2.75, 3.05) is 12.1 Å². The second-order valence-electron chi connectivity index (χ2n) is 5.88. The van der Waals surface area contributed by atoms with Crippen LogP contribution in [0.25, 0.3) is 11.0 Å². The molecule has 114 valence electrons. The van der Waals surface area contributed by atoms with Gasteiger partial charge in [-0.3, -0.25) is 0 Å². The summed E-state index contributed by atoms with van der Waals surface area (Å²) in [6.45, 7) is 2.75. The van der Waals surface area contributed by atoms with Gasteiger partial charge in [-0.15, -0.1) is 11.6 Å². The first-order chi connectivity index (χ1) is 10.1. The lowest BCUT2D eigenvalue weighted by atomic mass is 9.84. The minimum atomic E-state index is -0.187. The SMILES string of the molecule is CSC1(Cn2c(CCCl)nc3cc(F)c(C)cc32)CCC1. The largest absolute Gasteiger partial charge is 0.327 e. The van der Waals surface area contributed by atoms with Crippen LogP contribution >= 0.6 is 23.4 Å². The minimum Gasteiger partial charge on any atom is -0.327 e. The zero-order valence-corrected chi connectivity index (χ0v) is 14.0. The van der Waals surface area contributed by atoms with E-state index in [9.17, 15) is 4.39 Å². The molecule has 0 N–H and O–H groups in total. The summed E-state index contributed by atoms with van der Waals surface area (Å²) < 4.78 is 16.4. The lowest BCUT2D eigenvalue weighted by Crippen LogP contribution is -2.38. The van der Waals surface area contributed by atoms with Gasteiger partial charge in [0, 0.05) is 29.7 Å². The van der Waals surface area contributed by atoms with Gasteiger partial charge < -0.3 is 4.57 Å². The van der Waals surface area contributed by atoms with E-state index >= 15 is 0 Å². The molecule has 1 fully saturated rings. The highest BCUT2D eigenvalue weighted by molar-refractivity contribution is 8.00. The van der Waals surface area contributed by atoms with Gasteiger partial charge in [-0.2, -0.15) is 11.8 Å². The number of rotatable bonds is 5. The standard InChI is InChI=1S/C16H20ClFN2S/c1-11-8-14-13(9-12(11)18)19-15(4-7-17)20(14)10-16(21-2)5-3-6-16/h8-9H,3-7,10H2,1-2H3. The Bertz CT molecular complexity index is 658. The number of alkyl halides is 1. The van der Waals surface area contributed by atoms with Gasteiger partial charge in [0.1, 0.15) is 11.6 Å². The van der Waals surface area contributed by atoms with E-state index in [2.05, 4.69) is 15.8 Å². The molecule has 3 rings (SSSR count). The van der Waals surface area contributed by atoms with E-state index in [0.29, 0.717) is 16.2 Å². The fourth-order valence-corrected chi connectivity index (χ4v) is 4.16. The third-order valence-corrected chi connectivity index (χ3v) is 6.16. The molecule has 21 heavy (non-hydrogen) atoms. The van der Waals surface area contributed by atoms with Gasteiger partial charge >= 0.3 is 0 Å². The van der Waals surface area contributed by atoms with Crippen LogP contribution in [0.1, 0.15) is 30.7 Å². The molecule has 0 radical (unpaired) electrons. The van der Waals surface area contributed by atoms with Crippen molar-refractivity contribution in [2.45, 2.75) is 43.9 Å². The normalized spacial score (nSPS) is 17.1. The second-order valence-corrected chi connectivity index (χ2v) is 7.54. The second kappa shape index (κ2) is 5.81. The van der Waals surface area contributed by atoms with Crippen molar-refractivity contribution in [1.82, 2.24) is 9.55 Å². The maximum atomic E-state index is 13.8. The number of fused-ring (bicyclic) bond motifs is 1. The van der Waals surface area contributed by atoms with Gasteiger partial charge in [-0.1, -0.05) is 6.42 Å². The lowest BCUT2D eigenvalue weighted by Gasteiger charge is -2.41. The van der Waals surface area contributed by atoms with Crippen LogP contribution in [0.3, 0.4) is 0 Å². The first-order valence-corrected chi connectivity index (χ1v) is 9.11. The van der Waals surface area contributed by atoms with E-state index in [4.69, 9.17) is 11.6 Å². The number of aromatic nitrogens is 2. The summed E-state index contributed by atoms with van der Waals surface area (Å²) in [5.74, 6) is 1.33. The van der Waals surface area contributed by atoms with Crippen molar-refractivity contribution in [2.24, 2.45) is 0 Å². The molecule has 1 aromatic carbocycles. The molecular weight excluding hydrogens is 307 g/mol. The van der Waals surface area contributed by atoms with Crippen molar-refractivity contribution in [1.29, 1.82) is 0 Å². The van der Waals surface area contributed by atoms with Crippen molar-refractivity contribution in [3.8, 4) is 0 Å². The van der Waals surface area contributed by atoms with Crippen LogP contribution in [0.5, 0.6) is 0 Å². The van der Waals surface area contributed by atoms with Gasteiger partial charge in [-0.05, 0) is 37.7 Å². The molecule has 0 saturated heterocycles. The molecule has 0 bridgehead atoms. The highest BCUT2D eigenvalue weighted by Crippen LogP contribution is 2.44. The average Bonchev–Trinajstić information content (AvgIpc) is 2.72. The molecular formula is C16H20ClFN2S. The number of hydrogen-bond donors (Lipinski definition) is 0.